The van der Waals surface area contributed by atoms with Crippen molar-refractivity contribution in [2.45, 2.75) is 44.7 Å². The lowest BCUT2D eigenvalue weighted by atomic mass is 10.0. The lowest BCUT2D eigenvalue weighted by Gasteiger charge is -2.15. The fraction of sp³-hybridized carbons (Fsp3) is 0.562. The Hall–Kier alpha value is -1.35. The molecule has 1 amide bonds. The first-order valence-corrected chi connectivity index (χ1v) is 7.21. The normalized spacial score (nSPS) is 28.7. The molecule has 102 valence electrons. The van der Waals surface area contributed by atoms with Gasteiger partial charge in [0, 0.05) is 12.0 Å². The molecule has 0 aliphatic heterocycles. The predicted octanol–water partition coefficient (Wildman–Crippen LogP) is 1.81. The molecular formula is C16H22N2O. The number of rotatable bonds is 4. The van der Waals surface area contributed by atoms with Crippen LogP contribution in [0.4, 0.5) is 0 Å². The molecule has 2 aliphatic rings. The van der Waals surface area contributed by atoms with E-state index in [1.54, 1.807) is 0 Å². The van der Waals surface area contributed by atoms with Crippen LogP contribution >= 0.6 is 0 Å². The molecule has 3 N–H and O–H groups in total. The standard InChI is InChI=1S/C16H22N2O/c1-9(2)7-13(17)16(19)18-15-12-8-10-5-3-4-6-11(10)14(12)15/h3-6,9,12-15H,7-8,17H2,1-2H3,(H,18,19)/t12?,13-,14?,15?/m0/s1. The van der Waals surface area contributed by atoms with Gasteiger partial charge in [-0.2, -0.15) is 0 Å². The molecule has 3 rings (SSSR count). The summed E-state index contributed by atoms with van der Waals surface area (Å²) in [5.41, 5.74) is 8.81. The van der Waals surface area contributed by atoms with Crippen LogP contribution in [0.5, 0.6) is 0 Å². The highest BCUT2D eigenvalue weighted by molar-refractivity contribution is 5.82. The van der Waals surface area contributed by atoms with Crippen molar-refractivity contribution in [3.05, 3.63) is 35.4 Å². The van der Waals surface area contributed by atoms with E-state index in [1.807, 2.05) is 0 Å². The smallest absolute Gasteiger partial charge is 0.237 e. The summed E-state index contributed by atoms with van der Waals surface area (Å²) >= 11 is 0. The number of fused-ring (bicyclic) bond motifs is 3. The van der Waals surface area contributed by atoms with Crippen LogP contribution in [0.25, 0.3) is 0 Å². The number of hydrogen-bond acceptors (Lipinski definition) is 2. The van der Waals surface area contributed by atoms with Gasteiger partial charge in [-0.1, -0.05) is 38.1 Å². The highest BCUT2D eigenvalue weighted by atomic mass is 16.2. The minimum Gasteiger partial charge on any atom is -0.351 e. The molecule has 3 nitrogen and oxygen atoms in total. The quantitative estimate of drug-likeness (QED) is 0.865. The summed E-state index contributed by atoms with van der Waals surface area (Å²) in [5, 5.41) is 3.14. The van der Waals surface area contributed by atoms with E-state index in [1.165, 1.54) is 11.1 Å². The molecule has 2 aliphatic carbocycles. The van der Waals surface area contributed by atoms with E-state index in [0.717, 1.165) is 12.8 Å². The third kappa shape index (κ3) is 2.27. The first kappa shape index (κ1) is 12.7. The number of carbonyl (C=O) groups excluding carboxylic acids is 1. The Morgan fingerprint density at radius 2 is 2.16 bits per heavy atom. The maximum atomic E-state index is 12.0. The molecule has 1 fully saturated rings. The van der Waals surface area contributed by atoms with Crippen LogP contribution in [0.1, 0.15) is 37.3 Å². The van der Waals surface area contributed by atoms with Gasteiger partial charge in [-0.05, 0) is 35.8 Å². The Morgan fingerprint density at radius 3 is 2.89 bits per heavy atom. The van der Waals surface area contributed by atoms with Crippen molar-refractivity contribution in [1.29, 1.82) is 0 Å². The Morgan fingerprint density at radius 1 is 1.42 bits per heavy atom. The fourth-order valence-electron chi connectivity index (χ4n) is 3.43. The molecule has 0 bridgehead atoms. The highest BCUT2D eigenvalue weighted by Gasteiger charge is 2.56. The maximum absolute atomic E-state index is 12.0. The van der Waals surface area contributed by atoms with Crippen molar-refractivity contribution >= 4 is 5.91 Å². The van der Waals surface area contributed by atoms with Gasteiger partial charge in [0.15, 0.2) is 0 Å². The van der Waals surface area contributed by atoms with Gasteiger partial charge < -0.3 is 11.1 Å². The number of amides is 1. The molecule has 1 saturated carbocycles. The van der Waals surface area contributed by atoms with E-state index in [2.05, 4.69) is 43.4 Å². The number of benzene rings is 1. The zero-order valence-corrected chi connectivity index (χ0v) is 11.6. The SMILES string of the molecule is CC(C)C[C@H](N)C(=O)NC1C2Cc3ccccc3C21. The number of hydrogen-bond donors (Lipinski definition) is 2. The van der Waals surface area contributed by atoms with Crippen LogP contribution in [0, 0.1) is 11.8 Å². The fourth-order valence-corrected chi connectivity index (χ4v) is 3.43. The summed E-state index contributed by atoms with van der Waals surface area (Å²) in [4.78, 5) is 12.0. The van der Waals surface area contributed by atoms with Crippen molar-refractivity contribution in [3.63, 3.8) is 0 Å². The lowest BCUT2D eigenvalue weighted by molar-refractivity contribution is -0.122. The van der Waals surface area contributed by atoms with E-state index in [0.29, 0.717) is 23.8 Å². The van der Waals surface area contributed by atoms with Crippen LogP contribution in [0.3, 0.4) is 0 Å². The molecule has 3 unspecified atom stereocenters. The topological polar surface area (TPSA) is 55.1 Å². The largest absolute Gasteiger partial charge is 0.351 e. The van der Waals surface area contributed by atoms with Crippen molar-refractivity contribution in [1.82, 2.24) is 5.32 Å². The Bertz CT molecular complexity index is 497. The van der Waals surface area contributed by atoms with Crippen LogP contribution < -0.4 is 11.1 Å². The third-order valence-corrected chi connectivity index (χ3v) is 4.41. The van der Waals surface area contributed by atoms with Gasteiger partial charge in [-0.15, -0.1) is 0 Å². The highest BCUT2D eigenvalue weighted by Crippen LogP contribution is 2.56. The minimum absolute atomic E-state index is 0.0191. The average molecular weight is 258 g/mol. The molecule has 3 heteroatoms. The molecule has 0 saturated heterocycles. The number of nitrogens with one attached hydrogen (secondary N) is 1. The van der Waals surface area contributed by atoms with Gasteiger partial charge in [-0.25, -0.2) is 0 Å². The zero-order valence-electron chi connectivity index (χ0n) is 11.6. The lowest BCUT2D eigenvalue weighted by Crippen LogP contribution is -2.43. The molecule has 0 aromatic heterocycles. The Balaban J connectivity index is 1.59. The first-order chi connectivity index (χ1) is 9.08. The molecular weight excluding hydrogens is 236 g/mol. The molecule has 4 atom stereocenters. The second kappa shape index (κ2) is 4.64. The van der Waals surface area contributed by atoms with Gasteiger partial charge in [0.1, 0.15) is 0 Å². The van der Waals surface area contributed by atoms with E-state index in [4.69, 9.17) is 5.73 Å². The maximum Gasteiger partial charge on any atom is 0.237 e. The van der Waals surface area contributed by atoms with Crippen LogP contribution in [-0.2, 0) is 11.2 Å². The minimum atomic E-state index is -0.364. The zero-order chi connectivity index (χ0) is 13.6. The summed E-state index contributed by atoms with van der Waals surface area (Å²) in [6.07, 6.45) is 1.86. The Kier molecular flexibility index (Phi) is 3.09. The number of carbonyl (C=O) groups is 1. The number of nitrogens with two attached hydrogens (primary N) is 1. The molecule has 1 aromatic rings. The van der Waals surface area contributed by atoms with Gasteiger partial charge in [0.25, 0.3) is 0 Å². The van der Waals surface area contributed by atoms with Crippen molar-refractivity contribution in [3.8, 4) is 0 Å². The van der Waals surface area contributed by atoms with Crippen molar-refractivity contribution < 1.29 is 4.79 Å². The van der Waals surface area contributed by atoms with Crippen LogP contribution in [0.2, 0.25) is 0 Å². The summed E-state index contributed by atoms with van der Waals surface area (Å²) < 4.78 is 0. The second-order valence-electron chi connectivity index (χ2n) is 6.36. The summed E-state index contributed by atoms with van der Waals surface area (Å²) in [5.74, 6) is 1.62. The molecule has 0 heterocycles. The van der Waals surface area contributed by atoms with E-state index in [9.17, 15) is 4.79 Å². The van der Waals surface area contributed by atoms with Gasteiger partial charge in [0.05, 0.1) is 6.04 Å². The summed E-state index contributed by atoms with van der Waals surface area (Å²) in [6, 6.07) is 8.53. The molecule has 19 heavy (non-hydrogen) atoms. The van der Waals surface area contributed by atoms with Crippen LogP contribution in [-0.4, -0.2) is 18.0 Å². The Labute approximate surface area is 114 Å². The van der Waals surface area contributed by atoms with E-state index in [-0.39, 0.29) is 11.9 Å². The molecule has 1 aromatic carbocycles. The van der Waals surface area contributed by atoms with Crippen molar-refractivity contribution in [2.75, 3.05) is 0 Å². The van der Waals surface area contributed by atoms with Crippen molar-refractivity contribution in [2.24, 2.45) is 17.6 Å². The summed E-state index contributed by atoms with van der Waals surface area (Å²) in [6.45, 7) is 4.19. The van der Waals surface area contributed by atoms with Gasteiger partial charge in [-0.3, -0.25) is 4.79 Å². The van der Waals surface area contributed by atoms with Gasteiger partial charge >= 0.3 is 0 Å². The average Bonchev–Trinajstić information content (AvgIpc) is 2.87. The molecule has 0 spiro atoms. The third-order valence-electron chi connectivity index (χ3n) is 4.41. The second-order valence-corrected chi connectivity index (χ2v) is 6.36. The first-order valence-electron chi connectivity index (χ1n) is 7.21. The predicted molar refractivity (Wildman–Crippen MR) is 75.7 cm³/mol. The van der Waals surface area contributed by atoms with Gasteiger partial charge in [0.2, 0.25) is 5.91 Å². The summed E-state index contributed by atoms with van der Waals surface area (Å²) in [7, 11) is 0. The monoisotopic (exact) mass is 258 g/mol. The van der Waals surface area contributed by atoms with E-state index >= 15 is 0 Å². The van der Waals surface area contributed by atoms with E-state index < -0.39 is 0 Å². The van der Waals surface area contributed by atoms with Crippen LogP contribution in [0.15, 0.2) is 24.3 Å². The molecule has 0 radical (unpaired) electrons.